The van der Waals surface area contributed by atoms with E-state index in [1.165, 1.54) is 5.56 Å². The van der Waals surface area contributed by atoms with Crippen molar-refractivity contribution in [3.8, 4) is 0 Å². The molecule has 1 aliphatic heterocycles. The Morgan fingerprint density at radius 2 is 2.00 bits per heavy atom. The van der Waals surface area contributed by atoms with Gasteiger partial charge in [-0.2, -0.15) is 0 Å². The van der Waals surface area contributed by atoms with Crippen LogP contribution in [0, 0.1) is 6.92 Å². The summed E-state index contributed by atoms with van der Waals surface area (Å²) in [4.78, 5) is 13.2. The lowest BCUT2D eigenvalue weighted by molar-refractivity contribution is -0.113. The minimum Gasteiger partial charge on any atom is -0.379 e. The zero-order valence-corrected chi connectivity index (χ0v) is 10.9. The summed E-state index contributed by atoms with van der Waals surface area (Å²) < 4.78 is 5.26. The zero-order valence-electron chi connectivity index (χ0n) is 10.9. The highest BCUT2D eigenvalue weighted by molar-refractivity contribution is 5.59. The molecule has 1 aromatic rings. The maximum Gasteiger partial charge on any atom is 0.138 e. The number of aldehydes is 1. The third-order valence-corrected chi connectivity index (χ3v) is 3.54. The minimum absolute atomic E-state index is 0.0468. The first kappa shape index (κ1) is 13.2. The lowest BCUT2D eigenvalue weighted by atomic mass is 9.94. The number of carbonyl (C=O) groups excluding carboxylic acids is 1. The Hall–Kier alpha value is -1.23. The summed E-state index contributed by atoms with van der Waals surface area (Å²) in [5, 5.41) is 0. The summed E-state index contributed by atoms with van der Waals surface area (Å²) in [6, 6.07) is 7.65. The number of aryl methyl sites for hydroxylation is 1. The maximum atomic E-state index is 11.0. The van der Waals surface area contributed by atoms with Crippen LogP contribution in [-0.4, -0.2) is 43.5 Å². The predicted octanol–water partition coefficient (Wildman–Crippen LogP) is 0.893. The first-order valence-corrected chi connectivity index (χ1v) is 6.20. The number of ether oxygens (including phenoxy) is 1. The summed E-state index contributed by atoms with van der Waals surface area (Å²) in [6.07, 6.45) is 1.08. The molecule has 0 bridgehead atoms. The fourth-order valence-electron chi connectivity index (χ4n) is 2.36. The van der Waals surface area contributed by atoms with Gasteiger partial charge in [-0.15, -0.1) is 0 Å². The van der Waals surface area contributed by atoms with Gasteiger partial charge >= 0.3 is 0 Å². The van der Waals surface area contributed by atoms with E-state index in [0.29, 0.717) is 0 Å². The molecule has 4 heteroatoms. The van der Waals surface area contributed by atoms with Gasteiger partial charge < -0.3 is 15.3 Å². The summed E-state index contributed by atoms with van der Waals surface area (Å²) in [5.41, 5.74) is 8.23. The van der Waals surface area contributed by atoms with Crippen molar-refractivity contribution < 1.29 is 9.53 Å². The Morgan fingerprint density at radius 3 is 2.50 bits per heavy atom. The normalized spacial score (nSPS) is 20.2. The topological polar surface area (TPSA) is 55.6 Å². The number of rotatable bonds is 5. The number of hydrogen-bond acceptors (Lipinski definition) is 4. The van der Waals surface area contributed by atoms with Crippen molar-refractivity contribution in [3.63, 3.8) is 0 Å². The second-order valence-corrected chi connectivity index (χ2v) is 4.88. The highest BCUT2D eigenvalue weighted by atomic mass is 16.5. The van der Waals surface area contributed by atoms with Gasteiger partial charge in [0.2, 0.25) is 0 Å². The largest absolute Gasteiger partial charge is 0.379 e. The molecule has 1 fully saturated rings. The summed E-state index contributed by atoms with van der Waals surface area (Å²) in [6.45, 7) is 3.70. The lowest BCUT2D eigenvalue weighted by Crippen LogP contribution is -2.57. The Balaban J connectivity index is 2.15. The molecule has 0 aromatic heterocycles. The van der Waals surface area contributed by atoms with Crippen LogP contribution in [0.4, 0.5) is 0 Å². The number of carbonyl (C=O) groups is 1. The van der Waals surface area contributed by atoms with E-state index in [1.807, 2.05) is 31.2 Å². The Bertz CT molecular complexity index is 399. The molecule has 2 rings (SSSR count). The zero-order chi connectivity index (χ0) is 13.1. The van der Waals surface area contributed by atoms with Crippen LogP contribution in [0.1, 0.15) is 17.2 Å². The number of methoxy groups -OCH3 is 1. The van der Waals surface area contributed by atoms with Gasteiger partial charge in [0, 0.05) is 20.2 Å². The molecule has 1 saturated heterocycles. The van der Waals surface area contributed by atoms with E-state index in [4.69, 9.17) is 10.5 Å². The highest BCUT2D eigenvalue weighted by Gasteiger charge is 2.36. The fourth-order valence-corrected chi connectivity index (χ4v) is 2.36. The molecular formula is C14H20N2O2. The third-order valence-electron chi connectivity index (χ3n) is 3.54. The molecule has 18 heavy (non-hydrogen) atoms. The molecule has 1 heterocycles. The molecule has 2 unspecified atom stereocenters. The molecule has 0 amide bonds. The van der Waals surface area contributed by atoms with Crippen LogP contribution in [0.3, 0.4) is 0 Å². The lowest BCUT2D eigenvalue weighted by Gasteiger charge is -2.44. The number of benzene rings is 1. The van der Waals surface area contributed by atoms with Crippen molar-refractivity contribution in [3.05, 3.63) is 35.4 Å². The van der Waals surface area contributed by atoms with E-state index < -0.39 is 6.04 Å². The van der Waals surface area contributed by atoms with Crippen LogP contribution >= 0.6 is 0 Å². The first-order chi connectivity index (χ1) is 8.65. The van der Waals surface area contributed by atoms with Gasteiger partial charge in [-0.1, -0.05) is 29.8 Å². The number of likely N-dealkylation sites (tertiary alicyclic amines) is 1. The Kier molecular flexibility index (Phi) is 4.11. The molecule has 2 atom stereocenters. The van der Waals surface area contributed by atoms with Gasteiger partial charge in [0.15, 0.2) is 0 Å². The predicted molar refractivity (Wildman–Crippen MR) is 70.3 cm³/mol. The van der Waals surface area contributed by atoms with E-state index in [2.05, 4.69) is 4.90 Å². The van der Waals surface area contributed by atoms with E-state index in [0.717, 1.165) is 24.9 Å². The second-order valence-electron chi connectivity index (χ2n) is 4.88. The van der Waals surface area contributed by atoms with E-state index in [9.17, 15) is 4.79 Å². The molecule has 0 aliphatic carbocycles. The van der Waals surface area contributed by atoms with E-state index in [1.54, 1.807) is 7.11 Å². The van der Waals surface area contributed by atoms with Crippen molar-refractivity contribution in [1.82, 2.24) is 4.90 Å². The van der Waals surface area contributed by atoms with Crippen molar-refractivity contribution in [1.29, 1.82) is 0 Å². The van der Waals surface area contributed by atoms with Crippen LogP contribution < -0.4 is 5.73 Å². The molecule has 0 radical (unpaired) electrons. The smallest absolute Gasteiger partial charge is 0.138 e. The molecule has 0 spiro atoms. The highest BCUT2D eigenvalue weighted by Crippen LogP contribution is 2.28. The third kappa shape index (κ3) is 2.61. The van der Waals surface area contributed by atoms with Gasteiger partial charge in [0.05, 0.1) is 18.2 Å². The Morgan fingerprint density at radius 1 is 1.39 bits per heavy atom. The van der Waals surface area contributed by atoms with Gasteiger partial charge in [0.25, 0.3) is 0 Å². The van der Waals surface area contributed by atoms with Crippen LogP contribution in [0.15, 0.2) is 24.3 Å². The van der Waals surface area contributed by atoms with Crippen molar-refractivity contribution in [2.24, 2.45) is 5.73 Å². The van der Waals surface area contributed by atoms with Gasteiger partial charge in [0.1, 0.15) is 6.29 Å². The standard InChI is InChI=1S/C14H20N2O2/c1-10-3-5-11(6-4-10)14(13(15)9-17)16-7-12(8-16)18-2/h3-6,9,12-14H,7-8,15H2,1-2H3. The van der Waals surface area contributed by atoms with E-state index >= 15 is 0 Å². The SMILES string of the molecule is COC1CN(C(c2ccc(C)cc2)C(N)C=O)C1. The monoisotopic (exact) mass is 248 g/mol. The molecule has 98 valence electrons. The average Bonchev–Trinajstić information content (AvgIpc) is 2.34. The molecule has 4 nitrogen and oxygen atoms in total. The maximum absolute atomic E-state index is 11.0. The van der Waals surface area contributed by atoms with Gasteiger partial charge in [-0.3, -0.25) is 4.90 Å². The molecular weight excluding hydrogens is 228 g/mol. The molecule has 2 N–H and O–H groups in total. The molecule has 1 aliphatic rings. The number of hydrogen-bond donors (Lipinski definition) is 1. The van der Waals surface area contributed by atoms with Crippen molar-refractivity contribution in [2.45, 2.75) is 25.1 Å². The van der Waals surface area contributed by atoms with Crippen LogP contribution in [0.25, 0.3) is 0 Å². The minimum atomic E-state index is -0.495. The summed E-state index contributed by atoms with van der Waals surface area (Å²) in [7, 11) is 1.71. The Labute approximate surface area is 108 Å². The molecule has 1 aromatic carbocycles. The van der Waals surface area contributed by atoms with Gasteiger partial charge in [-0.05, 0) is 12.5 Å². The summed E-state index contributed by atoms with van der Waals surface area (Å²) in [5.74, 6) is 0. The number of nitrogens with two attached hydrogens (primary N) is 1. The second kappa shape index (κ2) is 5.61. The first-order valence-electron chi connectivity index (χ1n) is 6.20. The fraction of sp³-hybridized carbons (Fsp3) is 0.500. The van der Waals surface area contributed by atoms with Crippen LogP contribution in [-0.2, 0) is 9.53 Å². The van der Waals surface area contributed by atoms with E-state index in [-0.39, 0.29) is 12.1 Å². The average molecular weight is 248 g/mol. The van der Waals surface area contributed by atoms with Gasteiger partial charge in [-0.25, -0.2) is 0 Å². The van der Waals surface area contributed by atoms with Crippen molar-refractivity contribution in [2.75, 3.05) is 20.2 Å². The quantitative estimate of drug-likeness (QED) is 0.786. The molecule has 0 saturated carbocycles. The number of nitrogens with zero attached hydrogens (tertiary/aromatic N) is 1. The van der Waals surface area contributed by atoms with Crippen molar-refractivity contribution >= 4 is 6.29 Å². The summed E-state index contributed by atoms with van der Waals surface area (Å²) >= 11 is 0. The van der Waals surface area contributed by atoms with Crippen LogP contribution in [0.5, 0.6) is 0 Å². The van der Waals surface area contributed by atoms with Crippen LogP contribution in [0.2, 0.25) is 0 Å².